The SMILES string of the molecule is O=C(N[C@@H]1CCOc2ccccc21)N1CCC[C@@H]1c1cccs1. The van der Waals surface area contributed by atoms with Crippen molar-refractivity contribution in [2.45, 2.75) is 31.3 Å². The molecule has 4 nitrogen and oxygen atoms in total. The Morgan fingerprint density at radius 1 is 1.22 bits per heavy atom. The molecule has 1 fully saturated rings. The third-order valence-corrected chi connectivity index (χ3v) is 5.62. The maximum Gasteiger partial charge on any atom is 0.318 e. The molecule has 0 spiro atoms. The van der Waals surface area contributed by atoms with Crippen molar-refractivity contribution in [3.05, 3.63) is 52.2 Å². The maximum atomic E-state index is 12.8. The van der Waals surface area contributed by atoms with Gasteiger partial charge in [0.15, 0.2) is 0 Å². The minimum Gasteiger partial charge on any atom is -0.493 e. The van der Waals surface area contributed by atoms with E-state index in [1.165, 1.54) is 4.88 Å². The van der Waals surface area contributed by atoms with Gasteiger partial charge in [0, 0.05) is 23.4 Å². The minimum absolute atomic E-state index is 0.0389. The summed E-state index contributed by atoms with van der Waals surface area (Å²) in [5, 5.41) is 5.30. The number of hydrogen-bond donors (Lipinski definition) is 1. The lowest BCUT2D eigenvalue weighted by Crippen LogP contribution is -2.42. The molecule has 0 aliphatic carbocycles. The van der Waals surface area contributed by atoms with E-state index < -0.39 is 0 Å². The maximum absolute atomic E-state index is 12.8. The van der Waals surface area contributed by atoms with E-state index in [1.807, 2.05) is 29.2 Å². The Bertz CT molecular complexity index is 686. The van der Waals surface area contributed by atoms with Crippen LogP contribution in [0.5, 0.6) is 5.75 Å². The average molecular weight is 328 g/mol. The van der Waals surface area contributed by atoms with Crippen molar-refractivity contribution < 1.29 is 9.53 Å². The molecule has 3 heterocycles. The summed E-state index contributed by atoms with van der Waals surface area (Å²) < 4.78 is 5.68. The van der Waals surface area contributed by atoms with E-state index in [4.69, 9.17) is 4.74 Å². The van der Waals surface area contributed by atoms with E-state index in [0.29, 0.717) is 6.61 Å². The molecular weight excluding hydrogens is 308 g/mol. The summed E-state index contributed by atoms with van der Waals surface area (Å²) >= 11 is 1.73. The van der Waals surface area contributed by atoms with E-state index in [1.54, 1.807) is 11.3 Å². The second kappa shape index (κ2) is 6.24. The molecule has 1 aromatic carbocycles. The van der Waals surface area contributed by atoms with Crippen LogP contribution < -0.4 is 10.1 Å². The number of urea groups is 1. The summed E-state index contributed by atoms with van der Waals surface area (Å²) in [6, 6.07) is 12.5. The van der Waals surface area contributed by atoms with E-state index in [2.05, 4.69) is 22.8 Å². The molecule has 1 saturated heterocycles. The van der Waals surface area contributed by atoms with Gasteiger partial charge in [0.05, 0.1) is 18.7 Å². The van der Waals surface area contributed by atoms with Gasteiger partial charge in [-0.3, -0.25) is 0 Å². The first-order valence-corrected chi connectivity index (χ1v) is 9.03. The summed E-state index contributed by atoms with van der Waals surface area (Å²) in [5.74, 6) is 0.889. The second-order valence-electron chi connectivity index (χ2n) is 6.04. The van der Waals surface area contributed by atoms with Crippen molar-refractivity contribution in [2.75, 3.05) is 13.2 Å². The number of carbonyl (C=O) groups excluding carboxylic acids is 1. The Morgan fingerprint density at radius 2 is 2.13 bits per heavy atom. The zero-order valence-electron chi connectivity index (χ0n) is 12.9. The summed E-state index contributed by atoms with van der Waals surface area (Å²) in [4.78, 5) is 16.1. The molecule has 4 rings (SSSR count). The first-order chi connectivity index (χ1) is 11.3. The number of hydrogen-bond acceptors (Lipinski definition) is 3. The summed E-state index contributed by atoms with van der Waals surface area (Å²) in [7, 11) is 0. The number of likely N-dealkylation sites (tertiary alicyclic amines) is 1. The highest BCUT2D eigenvalue weighted by Crippen LogP contribution is 2.36. The van der Waals surface area contributed by atoms with Crippen molar-refractivity contribution in [2.24, 2.45) is 0 Å². The number of fused-ring (bicyclic) bond motifs is 1. The van der Waals surface area contributed by atoms with Crippen LogP contribution in [-0.4, -0.2) is 24.1 Å². The lowest BCUT2D eigenvalue weighted by atomic mass is 10.0. The molecule has 2 aromatic rings. The van der Waals surface area contributed by atoms with Crippen LogP contribution in [0.3, 0.4) is 0 Å². The van der Waals surface area contributed by atoms with Crippen LogP contribution in [0.1, 0.15) is 41.8 Å². The van der Waals surface area contributed by atoms with Gasteiger partial charge in [-0.1, -0.05) is 24.3 Å². The van der Waals surface area contributed by atoms with Gasteiger partial charge in [-0.05, 0) is 30.4 Å². The molecule has 2 atom stereocenters. The fraction of sp³-hybridized carbons (Fsp3) is 0.389. The Hall–Kier alpha value is -2.01. The molecule has 0 unspecified atom stereocenters. The smallest absolute Gasteiger partial charge is 0.318 e. The molecule has 2 aliphatic heterocycles. The van der Waals surface area contributed by atoms with Gasteiger partial charge in [0.1, 0.15) is 5.75 Å². The zero-order chi connectivity index (χ0) is 15.6. The van der Waals surface area contributed by atoms with Crippen molar-refractivity contribution in [1.82, 2.24) is 10.2 Å². The highest BCUT2D eigenvalue weighted by molar-refractivity contribution is 7.10. The lowest BCUT2D eigenvalue weighted by Gasteiger charge is -2.30. The fourth-order valence-electron chi connectivity index (χ4n) is 3.51. The number of amides is 2. The van der Waals surface area contributed by atoms with E-state index in [0.717, 1.165) is 37.1 Å². The Morgan fingerprint density at radius 3 is 3.00 bits per heavy atom. The normalized spacial score (nSPS) is 23.2. The molecule has 0 radical (unpaired) electrons. The number of nitrogens with one attached hydrogen (secondary N) is 1. The van der Waals surface area contributed by atoms with Gasteiger partial charge in [0.25, 0.3) is 0 Å². The first-order valence-electron chi connectivity index (χ1n) is 8.15. The minimum atomic E-state index is 0.0389. The number of benzene rings is 1. The lowest BCUT2D eigenvalue weighted by molar-refractivity contribution is 0.182. The monoisotopic (exact) mass is 328 g/mol. The molecule has 1 aromatic heterocycles. The van der Waals surface area contributed by atoms with Crippen LogP contribution in [0.4, 0.5) is 4.79 Å². The van der Waals surface area contributed by atoms with Gasteiger partial charge in [-0.15, -0.1) is 11.3 Å². The number of nitrogens with zero attached hydrogens (tertiary/aromatic N) is 1. The van der Waals surface area contributed by atoms with Crippen molar-refractivity contribution >= 4 is 17.4 Å². The highest BCUT2D eigenvalue weighted by atomic mass is 32.1. The number of ether oxygens (including phenoxy) is 1. The molecule has 0 bridgehead atoms. The number of rotatable bonds is 2. The zero-order valence-corrected chi connectivity index (χ0v) is 13.7. The average Bonchev–Trinajstić information content (AvgIpc) is 3.26. The van der Waals surface area contributed by atoms with Crippen molar-refractivity contribution in [3.63, 3.8) is 0 Å². The quantitative estimate of drug-likeness (QED) is 0.901. The van der Waals surface area contributed by atoms with Crippen molar-refractivity contribution in [1.29, 1.82) is 0 Å². The molecule has 23 heavy (non-hydrogen) atoms. The van der Waals surface area contributed by atoms with Crippen LogP contribution in [0.25, 0.3) is 0 Å². The predicted molar refractivity (Wildman–Crippen MR) is 90.8 cm³/mol. The molecule has 2 amide bonds. The largest absolute Gasteiger partial charge is 0.493 e. The molecule has 5 heteroatoms. The third-order valence-electron chi connectivity index (χ3n) is 4.64. The molecule has 0 saturated carbocycles. The van der Waals surface area contributed by atoms with Crippen LogP contribution in [-0.2, 0) is 0 Å². The molecule has 2 aliphatic rings. The number of thiophene rings is 1. The standard InChI is InChI=1S/C18H20N2O2S/c21-18(20-10-3-6-15(20)17-8-4-12-23-17)19-14-9-11-22-16-7-2-1-5-13(14)16/h1-2,4-5,7-8,12,14-15H,3,6,9-11H2,(H,19,21)/t14-,15-/m1/s1. The molecule has 120 valence electrons. The fourth-order valence-corrected chi connectivity index (χ4v) is 4.38. The van der Waals surface area contributed by atoms with Crippen LogP contribution >= 0.6 is 11.3 Å². The second-order valence-corrected chi connectivity index (χ2v) is 7.02. The Labute approximate surface area is 140 Å². The van der Waals surface area contributed by atoms with Gasteiger partial charge in [-0.25, -0.2) is 4.79 Å². The van der Waals surface area contributed by atoms with Crippen LogP contribution in [0, 0.1) is 0 Å². The Balaban J connectivity index is 1.50. The molecule has 1 N–H and O–H groups in total. The van der Waals surface area contributed by atoms with E-state index in [-0.39, 0.29) is 18.1 Å². The topological polar surface area (TPSA) is 41.6 Å². The Kier molecular flexibility index (Phi) is 3.95. The predicted octanol–water partition coefficient (Wildman–Crippen LogP) is 4.12. The third kappa shape index (κ3) is 2.81. The van der Waals surface area contributed by atoms with Gasteiger partial charge < -0.3 is 15.0 Å². The van der Waals surface area contributed by atoms with E-state index in [9.17, 15) is 4.79 Å². The van der Waals surface area contributed by atoms with E-state index >= 15 is 0 Å². The summed E-state index contributed by atoms with van der Waals surface area (Å²) in [5.41, 5.74) is 1.08. The summed E-state index contributed by atoms with van der Waals surface area (Å²) in [6.07, 6.45) is 2.94. The van der Waals surface area contributed by atoms with Gasteiger partial charge in [0.2, 0.25) is 0 Å². The molecular formula is C18H20N2O2S. The van der Waals surface area contributed by atoms with Gasteiger partial charge >= 0.3 is 6.03 Å². The summed E-state index contributed by atoms with van der Waals surface area (Å²) in [6.45, 7) is 1.48. The van der Waals surface area contributed by atoms with Gasteiger partial charge in [-0.2, -0.15) is 0 Å². The first kappa shape index (κ1) is 14.6. The number of carbonyl (C=O) groups is 1. The van der Waals surface area contributed by atoms with Crippen molar-refractivity contribution in [3.8, 4) is 5.75 Å². The van der Waals surface area contributed by atoms with Crippen LogP contribution in [0.15, 0.2) is 41.8 Å². The van der Waals surface area contributed by atoms with Crippen LogP contribution in [0.2, 0.25) is 0 Å². The number of para-hydroxylation sites is 1. The highest BCUT2D eigenvalue weighted by Gasteiger charge is 2.32.